The standard InChI is InChI=1S/C19H20ClNO4/c1-13-11-15(20)6-9-17(13)21-18(22)12-25-19(23)10-5-14-3-7-16(24-2)8-4-14/h3-4,6-9,11H,5,10,12H2,1-2H3,(H,21,22). The van der Waals surface area contributed by atoms with Gasteiger partial charge in [0.2, 0.25) is 0 Å². The van der Waals surface area contributed by atoms with Crippen LogP contribution in [0.4, 0.5) is 5.69 Å². The van der Waals surface area contributed by atoms with Crippen LogP contribution in [-0.4, -0.2) is 25.6 Å². The zero-order valence-electron chi connectivity index (χ0n) is 14.2. The monoisotopic (exact) mass is 361 g/mol. The first kappa shape index (κ1) is 18.8. The normalized spacial score (nSPS) is 10.2. The highest BCUT2D eigenvalue weighted by Gasteiger charge is 2.09. The summed E-state index contributed by atoms with van der Waals surface area (Å²) >= 11 is 5.87. The van der Waals surface area contributed by atoms with Gasteiger partial charge in [0, 0.05) is 17.1 Å². The third-order valence-corrected chi connectivity index (χ3v) is 3.84. The van der Waals surface area contributed by atoms with Gasteiger partial charge in [-0.15, -0.1) is 0 Å². The van der Waals surface area contributed by atoms with E-state index in [1.54, 1.807) is 25.3 Å². The molecule has 0 radical (unpaired) electrons. The Kier molecular flexibility index (Phi) is 6.83. The van der Waals surface area contributed by atoms with Crippen LogP contribution in [0.5, 0.6) is 5.75 Å². The molecule has 0 bridgehead atoms. The van der Waals surface area contributed by atoms with Gasteiger partial charge in [-0.05, 0) is 54.8 Å². The van der Waals surface area contributed by atoms with E-state index < -0.39 is 5.97 Å². The minimum Gasteiger partial charge on any atom is -0.497 e. The fraction of sp³-hybridized carbons (Fsp3) is 0.263. The number of rotatable bonds is 7. The molecule has 0 aliphatic heterocycles. The third kappa shape index (κ3) is 6.12. The van der Waals surface area contributed by atoms with E-state index in [0.29, 0.717) is 17.1 Å². The van der Waals surface area contributed by atoms with E-state index in [9.17, 15) is 9.59 Å². The lowest BCUT2D eigenvalue weighted by atomic mass is 10.1. The molecule has 6 heteroatoms. The maximum atomic E-state index is 11.9. The second-order valence-corrected chi connectivity index (χ2v) is 5.95. The number of halogens is 1. The topological polar surface area (TPSA) is 64.6 Å². The zero-order chi connectivity index (χ0) is 18.2. The first-order chi connectivity index (χ1) is 12.0. The molecular formula is C19H20ClNO4. The van der Waals surface area contributed by atoms with Crippen molar-refractivity contribution < 1.29 is 19.1 Å². The van der Waals surface area contributed by atoms with Gasteiger partial charge < -0.3 is 14.8 Å². The molecule has 0 aromatic heterocycles. The van der Waals surface area contributed by atoms with Crippen LogP contribution in [0.2, 0.25) is 5.02 Å². The number of hydrogen-bond acceptors (Lipinski definition) is 4. The predicted molar refractivity (Wildman–Crippen MR) is 97.1 cm³/mol. The zero-order valence-corrected chi connectivity index (χ0v) is 14.9. The average molecular weight is 362 g/mol. The number of carbonyl (C=O) groups excluding carboxylic acids is 2. The maximum absolute atomic E-state index is 11.9. The number of methoxy groups -OCH3 is 1. The Balaban J connectivity index is 1.74. The summed E-state index contributed by atoms with van der Waals surface area (Å²) < 4.78 is 10.1. The number of hydrogen-bond donors (Lipinski definition) is 1. The SMILES string of the molecule is COc1ccc(CCC(=O)OCC(=O)Nc2ccc(Cl)cc2C)cc1. The smallest absolute Gasteiger partial charge is 0.306 e. The van der Waals surface area contributed by atoms with Crippen molar-refractivity contribution in [1.29, 1.82) is 0 Å². The number of amides is 1. The van der Waals surface area contributed by atoms with Crippen LogP contribution >= 0.6 is 11.6 Å². The number of aryl methyl sites for hydroxylation is 2. The predicted octanol–water partition coefficient (Wildman–Crippen LogP) is 3.77. The molecule has 1 amide bonds. The number of esters is 1. The number of anilines is 1. The summed E-state index contributed by atoms with van der Waals surface area (Å²) in [7, 11) is 1.60. The third-order valence-electron chi connectivity index (χ3n) is 3.60. The highest BCUT2D eigenvalue weighted by molar-refractivity contribution is 6.30. The summed E-state index contributed by atoms with van der Waals surface area (Å²) in [6, 6.07) is 12.6. The van der Waals surface area contributed by atoms with Crippen molar-refractivity contribution in [2.45, 2.75) is 19.8 Å². The number of ether oxygens (including phenoxy) is 2. The van der Waals surface area contributed by atoms with Gasteiger partial charge in [-0.2, -0.15) is 0 Å². The van der Waals surface area contributed by atoms with Crippen LogP contribution < -0.4 is 10.1 Å². The van der Waals surface area contributed by atoms with Crippen LogP contribution in [0, 0.1) is 6.92 Å². The summed E-state index contributed by atoms with van der Waals surface area (Å²) in [5.41, 5.74) is 2.48. The van der Waals surface area contributed by atoms with Crippen LogP contribution in [0.15, 0.2) is 42.5 Å². The van der Waals surface area contributed by atoms with Gasteiger partial charge in [-0.25, -0.2) is 0 Å². The number of carbonyl (C=O) groups is 2. The quantitative estimate of drug-likeness (QED) is 0.762. The van der Waals surface area contributed by atoms with Crippen molar-refractivity contribution in [2.75, 3.05) is 19.0 Å². The second kappa shape index (κ2) is 9.08. The number of nitrogens with one attached hydrogen (secondary N) is 1. The Bertz CT molecular complexity index is 744. The largest absolute Gasteiger partial charge is 0.497 e. The van der Waals surface area contributed by atoms with Crippen LogP contribution in [-0.2, 0) is 20.7 Å². The molecule has 2 aromatic rings. The average Bonchev–Trinajstić information content (AvgIpc) is 2.61. The first-order valence-corrected chi connectivity index (χ1v) is 8.20. The van der Waals surface area contributed by atoms with Gasteiger partial charge >= 0.3 is 5.97 Å². The molecule has 2 rings (SSSR count). The Morgan fingerprint density at radius 1 is 1.12 bits per heavy atom. The van der Waals surface area contributed by atoms with Crippen molar-refractivity contribution in [3.05, 3.63) is 58.6 Å². The highest BCUT2D eigenvalue weighted by atomic mass is 35.5. The minimum atomic E-state index is -0.418. The van der Waals surface area contributed by atoms with E-state index >= 15 is 0 Å². The summed E-state index contributed by atoms with van der Waals surface area (Å²) in [5.74, 6) is -0.0393. The van der Waals surface area contributed by atoms with E-state index in [0.717, 1.165) is 16.9 Å². The molecule has 0 saturated heterocycles. The Morgan fingerprint density at radius 3 is 2.48 bits per heavy atom. The summed E-state index contributed by atoms with van der Waals surface area (Å²) in [6.07, 6.45) is 0.750. The van der Waals surface area contributed by atoms with Gasteiger partial charge in [0.1, 0.15) is 5.75 Å². The van der Waals surface area contributed by atoms with Crippen molar-refractivity contribution in [2.24, 2.45) is 0 Å². The van der Waals surface area contributed by atoms with Crippen molar-refractivity contribution in [1.82, 2.24) is 0 Å². The van der Waals surface area contributed by atoms with Gasteiger partial charge in [0.15, 0.2) is 6.61 Å². The molecule has 132 valence electrons. The molecule has 0 heterocycles. The van der Waals surface area contributed by atoms with Gasteiger partial charge in [0.25, 0.3) is 5.91 Å². The highest BCUT2D eigenvalue weighted by Crippen LogP contribution is 2.19. The van der Waals surface area contributed by atoms with Crippen LogP contribution in [0.3, 0.4) is 0 Å². The Hall–Kier alpha value is -2.53. The molecule has 0 unspecified atom stereocenters. The Labute approximate surface area is 151 Å². The minimum absolute atomic E-state index is 0.208. The summed E-state index contributed by atoms with van der Waals surface area (Å²) in [6.45, 7) is 1.52. The molecule has 0 aliphatic carbocycles. The molecule has 5 nitrogen and oxygen atoms in total. The lowest BCUT2D eigenvalue weighted by molar-refractivity contribution is -0.147. The molecule has 0 atom stereocenters. The maximum Gasteiger partial charge on any atom is 0.306 e. The fourth-order valence-electron chi connectivity index (χ4n) is 2.21. The second-order valence-electron chi connectivity index (χ2n) is 5.52. The Morgan fingerprint density at radius 2 is 1.84 bits per heavy atom. The van der Waals surface area contributed by atoms with Gasteiger partial charge in [0.05, 0.1) is 7.11 Å². The van der Waals surface area contributed by atoms with Crippen molar-refractivity contribution in [3.63, 3.8) is 0 Å². The van der Waals surface area contributed by atoms with Gasteiger partial charge in [-0.3, -0.25) is 9.59 Å². The molecular weight excluding hydrogens is 342 g/mol. The summed E-state index contributed by atoms with van der Waals surface area (Å²) in [4.78, 5) is 23.6. The van der Waals surface area contributed by atoms with Crippen LogP contribution in [0.1, 0.15) is 17.5 Å². The lowest BCUT2D eigenvalue weighted by Crippen LogP contribution is -2.21. The first-order valence-electron chi connectivity index (χ1n) is 7.82. The van der Waals surface area contributed by atoms with Crippen LogP contribution in [0.25, 0.3) is 0 Å². The molecule has 0 spiro atoms. The van der Waals surface area contributed by atoms with E-state index in [1.165, 1.54) is 0 Å². The lowest BCUT2D eigenvalue weighted by Gasteiger charge is -2.09. The molecule has 25 heavy (non-hydrogen) atoms. The van der Waals surface area contributed by atoms with E-state index in [-0.39, 0.29) is 18.9 Å². The van der Waals surface area contributed by atoms with E-state index in [1.807, 2.05) is 31.2 Å². The molecule has 0 fully saturated rings. The van der Waals surface area contributed by atoms with E-state index in [4.69, 9.17) is 21.1 Å². The molecule has 0 saturated carbocycles. The molecule has 2 aromatic carbocycles. The molecule has 1 N–H and O–H groups in total. The number of benzene rings is 2. The molecule has 0 aliphatic rings. The van der Waals surface area contributed by atoms with Gasteiger partial charge in [-0.1, -0.05) is 23.7 Å². The summed E-state index contributed by atoms with van der Waals surface area (Å²) in [5, 5.41) is 3.29. The van der Waals surface area contributed by atoms with E-state index in [2.05, 4.69) is 5.32 Å². The van der Waals surface area contributed by atoms with Crippen molar-refractivity contribution >= 4 is 29.2 Å². The van der Waals surface area contributed by atoms with Crippen molar-refractivity contribution in [3.8, 4) is 5.75 Å². The fourth-order valence-corrected chi connectivity index (χ4v) is 2.44.